The van der Waals surface area contributed by atoms with Crippen molar-refractivity contribution in [1.82, 2.24) is 0 Å². The summed E-state index contributed by atoms with van der Waals surface area (Å²) in [6.45, 7) is 10.1. The van der Waals surface area contributed by atoms with Gasteiger partial charge in [-0.05, 0) is 25.7 Å². The summed E-state index contributed by atoms with van der Waals surface area (Å²) in [6.07, 6.45) is 4.79. The summed E-state index contributed by atoms with van der Waals surface area (Å²) >= 11 is 0. The first kappa shape index (κ1) is 13.9. The highest BCUT2D eigenvalue weighted by atomic mass is 16.7. The molecular formula is C12H26O2. The maximum absolute atomic E-state index is 5.67. The second-order valence-electron chi connectivity index (χ2n) is 4.11. The summed E-state index contributed by atoms with van der Waals surface area (Å²) in [5.74, 6) is 0.587. The molecule has 0 fully saturated rings. The lowest BCUT2D eigenvalue weighted by Gasteiger charge is -2.18. The van der Waals surface area contributed by atoms with E-state index in [1.54, 1.807) is 0 Å². The molecule has 0 saturated carbocycles. The second-order valence-corrected chi connectivity index (χ2v) is 4.11. The highest BCUT2D eigenvalue weighted by Crippen LogP contribution is 2.09. The standard InChI is InChI=1S/C12H26O2/c1-5-7-8-9-12(13-6-2)14-10-11(3)4/h11-12H,5-10H2,1-4H3. The van der Waals surface area contributed by atoms with E-state index in [0.717, 1.165) is 19.6 Å². The van der Waals surface area contributed by atoms with E-state index in [2.05, 4.69) is 20.8 Å². The Morgan fingerprint density at radius 3 is 2.21 bits per heavy atom. The van der Waals surface area contributed by atoms with Crippen molar-refractivity contribution >= 4 is 0 Å². The summed E-state index contributed by atoms with van der Waals surface area (Å²) in [4.78, 5) is 0. The number of rotatable bonds is 9. The van der Waals surface area contributed by atoms with Gasteiger partial charge in [0.25, 0.3) is 0 Å². The molecule has 2 nitrogen and oxygen atoms in total. The molecule has 86 valence electrons. The summed E-state index contributed by atoms with van der Waals surface area (Å²) < 4.78 is 11.2. The number of hydrogen-bond donors (Lipinski definition) is 0. The van der Waals surface area contributed by atoms with E-state index in [9.17, 15) is 0 Å². The molecule has 14 heavy (non-hydrogen) atoms. The number of ether oxygens (including phenoxy) is 2. The molecule has 0 saturated heterocycles. The molecule has 0 aliphatic heterocycles. The van der Waals surface area contributed by atoms with Crippen LogP contribution >= 0.6 is 0 Å². The van der Waals surface area contributed by atoms with Gasteiger partial charge in [-0.2, -0.15) is 0 Å². The highest BCUT2D eigenvalue weighted by molar-refractivity contribution is 4.49. The van der Waals surface area contributed by atoms with Crippen LogP contribution in [0.1, 0.15) is 53.4 Å². The molecule has 0 aliphatic rings. The van der Waals surface area contributed by atoms with Crippen LogP contribution in [-0.2, 0) is 9.47 Å². The Hall–Kier alpha value is -0.0800. The quantitative estimate of drug-likeness (QED) is 0.420. The monoisotopic (exact) mass is 202 g/mol. The molecule has 0 amide bonds. The van der Waals surface area contributed by atoms with Crippen molar-refractivity contribution in [2.45, 2.75) is 59.7 Å². The van der Waals surface area contributed by atoms with Gasteiger partial charge in [0.05, 0.1) is 6.61 Å². The Labute approximate surface area is 89.0 Å². The first-order valence-corrected chi connectivity index (χ1v) is 5.93. The van der Waals surface area contributed by atoms with E-state index >= 15 is 0 Å². The fourth-order valence-corrected chi connectivity index (χ4v) is 1.26. The van der Waals surface area contributed by atoms with Gasteiger partial charge in [-0.3, -0.25) is 0 Å². The minimum atomic E-state index is 0.0222. The summed E-state index contributed by atoms with van der Waals surface area (Å²) in [5, 5.41) is 0. The Morgan fingerprint density at radius 2 is 1.71 bits per heavy atom. The van der Waals surface area contributed by atoms with Crippen molar-refractivity contribution in [3.05, 3.63) is 0 Å². The minimum Gasteiger partial charge on any atom is -0.353 e. The molecule has 1 unspecified atom stereocenters. The van der Waals surface area contributed by atoms with Crippen LogP contribution in [0.5, 0.6) is 0 Å². The number of hydrogen-bond acceptors (Lipinski definition) is 2. The first-order chi connectivity index (χ1) is 6.70. The fourth-order valence-electron chi connectivity index (χ4n) is 1.26. The Bertz CT molecular complexity index is 113. The smallest absolute Gasteiger partial charge is 0.157 e. The zero-order valence-corrected chi connectivity index (χ0v) is 10.2. The Kier molecular flexibility index (Phi) is 9.42. The predicted molar refractivity (Wildman–Crippen MR) is 60.3 cm³/mol. The number of unbranched alkanes of at least 4 members (excludes halogenated alkanes) is 2. The third kappa shape index (κ3) is 8.52. The fraction of sp³-hybridized carbons (Fsp3) is 1.00. The molecule has 0 aromatic rings. The molecule has 0 radical (unpaired) electrons. The van der Waals surface area contributed by atoms with Crippen LogP contribution in [0.3, 0.4) is 0 Å². The van der Waals surface area contributed by atoms with E-state index in [1.165, 1.54) is 19.3 Å². The predicted octanol–water partition coefficient (Wildman–Crippen LogP) is 3.60. The van der Waals surface area contributed by atoms with Crippen LogP contribution in [0.15, 0.2) is 0 Å². The van der Waals surface area contributed by atoms with Gasteiger partial charge in [0.15, 0.2) is 6.29 Å². The van der Waals surface area contributed by atoms with Crippen LogP contribution in [0.2, 0.25) is 0 Å². The van der Waals surface area contributed by atoms with E-state index in [0.29, 0.717) is 5.92 Å². The van der Waals surface area contributed by atoms with E-state index in [4.69, 9.17) is 9.47 Å². The van der Waals surface area contributed by atoms with Crippen LogP contribution in [-0.4, -0.2) is 19.5 Å². The first-order valence-electron chi connectivity index (χ1n) is 5.93. The molecule has 0 N–H and O–H groups in total. The van der Waals surface area contributed by atoms with Crippen LogP contribution in [0.25, 0.3) is 0 Å². The van der Waals surface area contributed by atoms with Crippen LogP contribution in [0.4, 0.5) is 0 Å². The highest BCUT2D eigenvalue weighted by Gasteiger charge is 2.08. The van der Waals surface area contributed by atoms with Crippen LogP contribution < -0.4 is 0 Å². The van der Waals surface area contributed by atoms with Gasteiger partial charge >= 0.3 is 0 Å². The zero-order chi connectivity index (χ0) is 10.8. The van der Waals surface area contributed by atoms with Crippen molar-refractivity contribution in [3.63, 3.8) is 0 Å². The molecule has 0 aromatic carbocycles. The summed E-state index contributed by atoms with van der Waals surface area (Å²) in [5.41, 5.74) is 0. The van der Waals surface area contributed by atoms with Gasteiger partial charge in [-0.15, -0.1) is 0 Å². The lowest BCUT2D eigenvalue weighted by molar-refractivity contribution is -0.149. The lowest BCUT2D eigenvalue weighted by Crippen LogP contribution is -2.19. The van der Waals surface area contributed by atoms with Crippen molar-refractivity contribution in [2.24, 2.45) is 5.92 Å². The molecule has 0 heterocycles. The molecule has 0 aromatic heterocycles. The van der Waals surface area contributed by atoms with E-state index in [1.807, 2.05) is 6.92 Å². The Morgan fingerprint density at radius 1 is 1.00 bits per heavy atom. The average Bonchev–Trinajstić information content (AvgIpc) is 2.14. The molecule has 0 spiro atoms. The topological polar surface area (TPSA) is 18.5 Å². The second kappa shape index (κ2) is 9.47. The van der Waals surface area contributed by atoms with Crippen molar-refractivity contribution in [1.29, 1.82) is 0 Å². The van der Waals surface area contributed by atoms with E-state index < -0.39 is 0 Å². The molecule has 1 atom stereocenters. The molecule has 2 heteroatoms. The van der Waals surface area contributed by atoms with Crippen molar-refractivity contribution < 1.29 is 9.47 Å². The average molecular weight is 202 g/mol. The zero-order valence-electron chi connectivity index (χ0n) is 10.2. The molecule has 0 bridgehead atoms. The van der Waals surface area contributed by atoms with Gasteiger partial charge in [-0.25, -0.2) is 0 Å². The van der Waals surface area contributed by atoms with Gasteiger partial charge in [0, 0.05) is 6.61 Å². The third-order valence-corrected chi connectivity index (χ3v) is 2.01. The van der Waals surface area contributed by atoms with Crippen LogP contribution in [0, 0.1) is 5.92 Å². The largest absolute Gasteiger partial charge is 0.353 e. The van der Waals surface area contributed by atoms with Gasteiger partial charge in [0.2, 0.25) is 0 Å². The van der Waals surface area contributed by atoms with E-state index in [-0.39, 0.29) is 6.29 Å². The maximum Gasteiger partial charge on any atom is 0.157 e. The third-order valence-electron chi connectivity index (χ3n) is 2.01. The molecule has 0 rings (SSSR count). The lowest BCUT2D eigenvalue weighted by atomic mass is 10.2. The van der Waals surface area contributed by atoms with Crippen molar-refractivity contribution in [3.8, 4) is 0 Å². The SMILES string of the molecule is CCCCCC(OCC)OCC(C)C. The summed E-state index contributed by atoms with van der Waals surface area (Å²) in [6, 6.07) is 0. The maximum atomic E-state index is 5.67. The van der Waals surface area contributed by atoms with Gasteiger partial charge in [-0.1, -0.05) is 33.6 Å². The normalized spacial score (nSPS) is 13.5. The Balaban J connectivity index is 3.54. The van der Waals surface area contributed by atoms with Gasteiger partial charge < -0.3 is 9.47 Å². The minimum absolute atomic E-state index is 0.0222. The summed E-state index contributed by atoms with van der Waals surface area (Å²) in [7, 11) is 0. The molecular weight excluding hydrogens is 176 g/mol. The molecule has 0 aliphatic carbocycles. The van der Waals surface area contributed by atoms with Crippen molar-refractivity contribution in [2.75, 3.05) is 13.2 Å². The van der Waals surface area contributed by atoms with Gasteiger partial charge in [0.1, 0.15) is 0 Å².